The molecular weight excluding hydrogens is 354 g/mol. The maximum atomic E-state index is 9.78. The fourth-order valence-electron chi connectivity index (χ4n) is 3.27. The average Bonchev–Trinajstić information content (AvgIpc) is 2.77. The van der Waals surface area contributed by atoms with Crippen LogP contribution < -0.4 is 4.74 Å². The van der Waals surface area contributed by atoms with Gasteiger partial charge in [-0.2, -0.15) is 5.26 Å². The summed E-state index contributed by atoms with van der Waals surface area (Å²) in [5, 5.41) is 12.1. The SMILES string of the molecule is Cc1ccc(COc2ccccc2/C=C(/C#N)c2ccc3ccccc3c2)cc1. The van der Waals surface area contributed by atoms with E-state index in [2.05, 4.69) is 61.5 Å². The van der Waals surface area contributed by atoms with Gasteiger partial charge in [0.1, 0.15) is 12.4 Å². The molecule has 2 nitrogen and oxygen atoms in total. The molecule has 2 heteroatoms. The third kappa shape index (κ3) is 4.36. The highest BCUT2D eigenvalue weighted by atomic mass is 16.5. The fraction of sp³-hybridized carbons (Fsp3) is 0.0741. The molecule has 0 aliphatic carbocycles. The fourth-order valence-corrected chi connectivity index (χ4v) is 3.27. The molecule has 0 heterocycles. The monoisotopic (exact) mass is 375 g/mol. The first kappa shape index (κ1) is 18.5. The highest BCUT2D eigenvalue weighted by molar-refractivity contribution is 5.94. The minimum Gasteiger partial charge on any atom is -0.488 e. The molecule has 0 spiro atoms. The zero-order chi connectivity index (χ0) is 20.1. The van der Waals surface area contributed by atoms with Crippen molar-refractivity contribution < 1.29 is 4.74 Å². The summed E-state index contributed by atoms with van der Waals surface area (Å²) in [5.41, 5.74) is 4.75. The van der Waals surface area contributed by atoms with E-state index in [1.807, 2.05) is 48.5 Å². The van der Waals surface area contributed by atoms with Gasteiger partial charge in [-0.25, -0.2) is 0 Å². The molecule has 0 fully saturated rings. The molecule has 0 saturated carbocycles. The predicted octanol–water partition coefficient (Wildman–Crippen LogP) is 6.79. The van der Waals surface area contributed by atoms with Gasteiger partial charge in [0.2, 0.25) is 0 Å². The van der Waals surface area contributed by atoms with E-state index in [-0.39, 0.29) is 0 Å². The molecule has 0 atom stereocenters. The van der Waals surface area contributed by atoms with Crippen LogP contribution in [0.3, 0.4) is 0 Å². The summed E-state index contributed by atoms with van der Waals surface area (Å²) in [6, 6.07) is 32.7. The summed E-state index contributed by atoms with van der Waals surface area (Å²) in [6.45, 7) is 2.56. The van der Waals surface area contributed by atoms with E-state index < -0.39 is 0 Å². The van der Waals surface area contributed by atoms with Gasteiger partial charge < -0.3 is 4.74 Å². The number of allylic oxidation sites excluding steroid dienone is 1. The van der Waals surface area contributed by atoms with Gasteiger partial charge in [-0.1, -0.05) is 84.4 Å². The Hall–Kier alpha value is -3.83. The Morgan fingerprint density at radius 2 is 1.59 bits per heavy atom. The molecule has 0 aromatic heterocycles. The molecule has 0 aliphatic rings. The quantitative estimate of drug-likeness (QED) is 0.284. The maximum Gasteiger partial charge on any atom is 0.127 e. The van der Waals surface area contributed by atoms with Crippen LogP contribution in [0.25, 0.3) is 22.4 Å². The van der Waals surface area contributed by atoms with Crippen LogP contribution >= 0.6 is 0 Å². The third-order valence-electron chi connectivity index (χ3n) is 4.91. The molecule has 0 amide bonds. The summed E-state index contributed by atoms with van der Waals surface area (Å²) in [4.78, 5) is 0. The Bertz CT molecular complexity index is 1210. The maximum absolute atomic E-state index is 9.78. The summed E-state index contributed by atoms with van der Waals surface area (Å²) >= 11 is 0. The standard InChI is InChI=1S/C27H21NO/c1-20-10-12-21(13-11-20)19-29-27-9-5-4-8-25(27)17-26(18-28)24-15-14-22-6-2-3-7-23(22)16-24/h2-17H,19H2,1H3/b26-17-. The van der Waals surface area contributed by atoms with Crippen molar-refractivity contribution in [1.29, 1.82) is 5.26 Å². The highest BCUT2D eigenvalue weighted by Gasteiger charge is 2.07. The lowest BCUT2D eigenvalue weighted by molar-refractivity contribution is 0.305. The molecular formula is C27H21NO. The van der Waals surface area contributed by atoms with Crippen molar-refractivity contribution in [3.63, 3.8) is 0 Å². The van der Waals surface area contributed by atoms with Crippen molar-refractivity contribution in [2.24, 2.45) is 0 Å². The summed E-state index contributed by atoms with van der Waals surface area (Å²) in [5.74, 6) is 0.765. The first-order valence-electron chi connectivity index (χ1n) is 9.61. The van der Waals surface area contributed by atoms with Crippen LogP contribution in [-0.2, 0) is 6.61 Å². The van der Waals surface area contributed by atoms with Crippen molar-refractivity contribution in [3.05, 3.63) is 113 Å². The van der Waals surface area contributed by atoms with Gasteiger partial charge in [0.25, 0.3) is 0 Å². The molecule has 4 aromatic carbocycles. The minimum absolute atomic E-state index is 0.489. The number of ether oxygens (including phenoxy) is 1. The van der Waals surface area contributed by atoms with E-state index >= 15 is 0 Å². The van der Waals surface area contributed by atoms with Gasteiger partial charge in [0.15, 0.2) is 0 Å². The predicted molar refractivity (Wildman–Crippen MR) is 119 cm³/mol. The molecule has 0 N–H and O–H groups in total. The Morgan fingerprint density at radius 3 is 2.38 bits per heavy atom. The molecule has 0 saturated heterocycles. The second kappa shape index (κ2) is 8.46. The average molecular weight is 375 g/mol. The lowest BCUT2D eigenvalue weighted by atomic mass is 10.00. The van der Waals surface area contributed by atoms with Gasteiger partial charge in [-0.3, -0.25) is 0 Å². The lowest BCUT2D eigenvalue weighted by Crippen LogP contribution is -1.97. The Balaban J connectivity index is 1.63. The van der Waals surface area contributed by atoms with Crippen molar-refractivity contribution in [2.45, 2.75) is 13.5 Å². The molecule has 140 valence electrons. The van der Waals surface area contributed by atoms with Crippen LogP contribution in [-0.4, -0.2) is 0 Å². The van der Waals surface area contributed by atoms with Gasteiger partial charge in [-0.05, 0) is 47.0 Å². The third-order valence-corrected chi connectivity index (χ3v) is 4.91. The van der Waals surface area contributed by atoms with Crippen molar-refractivity contribution in [1.82, 2.24) is 0 Å². The molecule has 0 bridgehead atoms. The van der Waals surface area contributed by atoms with E-state index in [1.54, 1.807) is 0 Å². The Morgan fingerprint density at radius 1 is 0.862 bits per heavy atom. The van der Waals surface area contributed by atoms with Crippen molar-refractivity contribution in [2.75, 3.05) is 0 Å². The Kier molecular flexibility index (Phi) is 5.40. The number of nitriles is 1. The van der Waals surface area contributed by atoms with Crippen molar-refractivity contribution in [3.8, 4) is 11.8 Å². The number of nitrogens with zero attached hydrogens (tertiary/aromatic N) is 1. The number of hydrogen-bond acceptors (Lipinski definition) is 2. The van der Waals surface area contributed by atoms with Crippen LogP contribution in [0.1, 0.15) is 22.3 Å². The molecule has 4 rings (SSSR count). The minimum atomic E-state index is 0.489. The highest BCUT2D eigenvalue weighted by Crippen LogP contribution is 2.27. The number of para-hydroxylation sites is 1. The molecule has 0 unspecified atom stereocenters. The van der Waals surface area contributed by atoms with Gasteiger partial charge in [-0.15, -0.1) is 0 Å². The molecule has 0 radical (unpaired) electrons. The van der Waals surface area contributed by atoms with Crippen LogP contribution in [0.2, 0.25) is 0 Å². The number of rotatable bonds is 5. The molecule has 0 aliphatic heterocycles. The zero-order valence-electron chi connectivity index (χ0n) is 16.3. The van der Waals surface area contributed by atoms with Crippen LogP contribution in [0.15, 0.2) is 91.0 Å². The van der Waals surface area contributed by atoms with E-state index in [0.717, 1.165) is 33.2 Å². The number of aryl methyl sites for hydroxylation is 1. The summed E-state index contributed by atoms with van der Waals surface area (Å²) in [7, 11) is 0. The van der Waals surface area contributed by atoms with E-state index in [4.69, 9.17) is 4.74 Å². The second-order valence-electron chi connectivity index (χ2n) is 7.04. The van der Waals surface area contributed by atoms with Crippen LogP contribution in [0.4, 0.5) is 0 Å². The van der Waals surface area contributed by atoms with E-state index in [0.29, 0.717) is 12.2 Å². The largest absolute Gasteiger partial charge is 0.488 e. The number of hydrogen-bond donors (Lipinski definition) is 0. The number of benzene rings is 4. The Labute approximate surface area is 171 Å². The van der Waals surface area contributed by atoms with E-state index in [1.165, 1.54) is 5.56 Å². The number of fused-ring (bicyclic) bond motifs is 1. The first-order valence-corrected chi connectivity index (χ1v) is 9.61. The normalized spacial score (nSPS) is 11.2. The van der Waals surface area contributed by atoms with Crippen LogP contribution in [0, 0.1) is 18.3 Å². The van der Waals surface area contributed by atoms with E-state index in [9.17, 15) is 5.26 Å². The van der Waals surface area contributed by atoms with Crippen LogP contribution in [0.5, 0.6) is 5.75 Å². The van der Waals surface area contributed by atoms with Gasteiger partial charge >= 0.3 is 0 Å². The smallest absolute Gasteiger partial charge is 0.127 e. The van der Waals surface area contributed by atoms with Gasteiger partial charge in [0, 0.05) is 5.56 Å². The topological polar surface area (TPSA) is 33.0 Å². The summed E-state index contributed by atoms with van der Waals surface area (Å²) < 4.78 is 6.06. The van der Waals surface area contributed by atoms with Crippen molar-refractivity contribution >= 4 is 22.4 Å². The summed E-state index contributed by atoms with van der Waals surface area (Å²) in [6.07, 6.45) is 1.90. The zero-order valence-corrected chi connectivity index (χ0v) is 16.3. The second-order valence-corrected chi connectivity index (χ2v) is 7.04. The van der Waals surface area contributed by atoms with Gasteiger partial charge in [0.05, 0.1) is 11.6 Å². The molecule has 4 aromatic rings. The first-order chi connectivity index (χ1) is 14.2. The molecule has 29 heavy (non-hydrogen) atoms. The lowest BCUT2D eigenvalue weighted by Gasteiger charge is -2.10.